The van der Waals surface area contributed by atoms with E-state index in [9.17, 15) is 18.0 Å². The molecule has 24 heavy (non-hydrogen) atoms. The van der Waals surface area contributed by atoms with E-state index in [1.807, 2.05) is 11.5 Å². The van der Waals surface area contributed by atoms with E-state index in [0.29, 0.717) is 12.1 Å². The Morgan fingerprint density at radius 1 is 1.33 bits per heavy atom. The second-order valence-electron chi connectivity index (χ2n) is 5.18. The van der Waals surface area contributed by atoms with Crippen LogP contribution in [0, 0.1) is 0 Å². The zero-order valence-electron chi connectivity index (χ0n) is 12.9. The van der Waals surface area contributed by atoms with Crippen LogP contribution < -0.4 is 15.4 Å². The number of imidazole rings is 1. The summed E-state index contributed by atoms with van der Waals surface area (Å²) >= 11 is 0. The van der Waals surface area contributed by atoms with Crippen LogP contribution in [-0.2, 0) is 13.1 Å². The summed E-state index contributed by atoms with van der Waals surface area (Å²) in [5.41, 5.74) is 0.655. The van der Waals surface area contributed by atoms with E-state index in [1.165, 1.54) is 24.3 Å². The van der Waals surface area contributed by atoms with E-state index in [4.69, 9.17) is 0 Å². The van der Waals surface area contributed by atoms with Gasteiger partial charge in [0.15, 0.2) is 0 Å². The van der Waals surface area contributed by atoms with Crippen molar-refractivity contribution in [2.75, 3.05) is 0 Å². The number of hydrogen-bond donors (Lipinski definition) is 2. The zero-order chi connectivity index (χ0) is 17.6. The number of nitrogens with one attached hydrogen (secondary N) is 2. The topological polar surface area (TPSA) is 68.2 Å². The number of amides is 2. The van der Waals surface area contributed by atoms with Gasteiger partial charge in [0.05, 0.1) is 6.33 Å². The average molecular weight is 342 g/mol. The molecule has 130 valence electrons. The fraction of sp³-hybridized carbons (Fsp3) is 0.333. The Kier molecular flexibility index (Phi) is 5.67. The Labute approximate surface area is 136 Å². The molecule has 0 aliphatic carbocycles. The van der Waals surface area contributed by atoms with Gasteiger partial charge in [-0.2, -0.15) is 0 Å². The fourth-order valence-corrected chi connectivity index (χ4v) is 2.02. The van der Waals surface area contributed by atoms with Gasteiger partial charge in [-0.05, 0) is 24.6 Å². The molecule has 0 saturated heterocycles. The Morgan fingerprint density at radius 3 is 2.62 bits per heavy atom. The Morgan fingerprint density at radius 2 is 2.04 bits per heavy atom. The molecule has 6 nitrogen and oxygen atoms in total. The van der Waals surface area contributed by atoms with Crippen LogP contribution in [0.5, 0.6) is 5.75 Å². The number of nitrogens with zero attached hydrogens (tertiary/aromatic N) is 2. The maximum absolute atomic E-state index is 12.1. The Hall–Kier alpha value is -2.71. The molecule has 1 heterocycles. The van der Waals surface area contributed by atoms with Crippen molar-refractivity contribution >= 4 is 6.03 Å². The predicted molar refractivity (Wildman–Crippen MR) is 80.2 cm³/mol. The van der Waals surface area contributed by atoms with E-state index in [1.54, 1.807) is 18.7 Å². The maximum atomic E-state index is 12.1. The zero-order valence-corrected chi connectivity index (χ0v) is 12.9. The lowest BCUT2D eigenvalue weighted by Crippen LogP contribution is -2.42. The molecule has 9 heteroatoms. The number of urea groups is 1. The lowest BCUT2D eigenvalue weighted by Gasteiger charge is -2.15. The molecule has 2 aromatic rings. The Balaban J connectivity index is 1.75. The predicted octanol–water partition coefficient (Wildman–Crippen LogP) is 2.67. The molecular formula is C15H17F3N4O2. The maximum Gasteiger partial charge on any atom is 0.573 e. The van der Waals surface area contributed by atoms with Crippen molar-refractivity contribution in [1.82, 2.24) is 20.2 Å². The summed E-state index contributed by atoms with van der Waals surface area (Å²) in [4.78, 5) is 15.7. The average Bonchev–Trinajstić information content (AvgIpc) is 2.97. The minimum Gasteiger partial charge on any atom is -0.406 e. The van der Waals surface area contributed by atoms with Crippen molar-refractivity contribution in [3.63, 3.8) is 0 Å². The van der Waals surface area contributed by atoms with Gasteiger partial charge in [-0.3, -0.25) is 0 Å². The number of alkyl halides is 3. The first kappa shape index (κ1) is 17.6. The molecule has 1 aromatic carbocycles. The molecule has 0 saturated carbocycles. The highest BCUT2D eigenvalue weighted by atomic mass is 19.4. The number of benzene rings is 1. The smallest absolute Gasteiger partial charge is 0.406 e. The van der Waals surface area contributed by atoms with E-state index in [-0.39, 0.29) is 24.4 Å². The molecule has 1 atom stereocenters. The highest BCUT2D eigenvalue weighted by Crippen LogP contribution is 2.22. The fourth-order valence-electron chi connectivity index (χ4n) is 2.02. The van der Waals surface area contributed by atoms with Crippen molar-refractivity contribution in [2.24, 2.45) is 0 Å². The van der Waals surface area contributed by atoms with Gasteiger partial charge in [0.2, 0.25) is 0 Å². The van der Waals surface area contributed by atoms with Gasteiger partial charge in [0.1, 0.15) is 5.75 Å². The normalized spacial score (nSPS) is 12.5. The second kappa shape index (κ2) is 7.71. The molecule has 1 aromatic heterocycles. The van der Waals surface area contributed by atoms with E-state index in [0.717, 1.165) is 0 Å². The summed E-state index contributed by atoms with van der Waals surface area (Å²) in [6.45, 7) is 2.62. The molecule has 2 rings (SSSR count). The first-order valence-electron chi connectivity index (χ1n) is 7.16. The number of carbonyl (C=O) groups is 1. The van der Waals surface area contributed by atoms with Gasteiger partial charge in [0, 0.05) is 31.5 Å². The highest BCUT2D eigenvalue weighted by Gasteiger charge is 2.30. The van der Waals surface area contributed by atoms with Crippen LogP contribution in [-0.4, -0.2) is 28.0 Å². The summed E-state index contributed by atoms with van der Waals surface area (Å²) in [5.74, 6) is -0.301. The summed E-state index contributed by atoms with van der Waals surface area (Å²) in [6.07, 6.45) is 0.380. The summed E-state index contributed by atoms with van der Waals surface area (Å²) in [5, 5.41) is 5.40. The van der Waals surface area contributed by atoms with Crippen LogP contribution in [0.15, 0.2) is 43.0 Å². The van der Waals surface area contributed by atoms with Crippen molar-refractivity contribution in [3.05, 3.63) is 48.5 Å². The molecule has 0 aliphatic heterocycles. The number of carbonyl (C=O) groups excluding carboxylic acids is 1. The van der Waals surface area contributed by atoms with Gasteiger partial charge >= 0.3 is 12.4 Å². The first-order valence-corrected chi connectivity index (χ1v) is 7.16. The summed E-state index contributed by atoms with van der Waals surface area (Å²) < 4.78 is 41.8. The minimum absolute atomic E-state index is 0.109. The van der Waals surface area contributed by atoms with E-state index < -0.39 is 6.36 Å². The van der Waals surface area contributed by atoms with Gasteiger partial charge in [-0.25, -0.2) is 9.78 Å². The highest BCUT2D eigenvalue weighted by molar-refractivity contribution is 5.74. The molecule has 0 unspecified atom stereocenters. The number of ether oxygens (including phenoxy) is 1. The quantitative estimate of drug-likeness (QED) is 0.848. The summed E-state index contributed by atoms with van der Waals surface area (Å²) in [6, 6.07) is 4.83. The standard InChI is InChI=1S/C15H17F3N4O2/c1-11(9-22-7-6-19-10-22)21-14(23)20-8-12-2-4-13(5-3-12)24-15(16,17)18/h2-7,10-11H,8-9H2,1H3,(H2,20,21,23)/t11-/m0/s1. The summed E-state index contributed by atoms with van der Waals surface area (Å²) in [7, 11) is 0. The van der Waals surface area contributed by atoms with Gasteiger partial charge in [-0.15, -0.1) is 13.2 Å². The molecule has 0 aliphatic rings. The van der Waals surface area contributed by atoms with Crippen LogP contribution in [0.4, 0.5) is 18.0 Å². The Bertz CT molecular complexity index is 642. The van der Waals surface area contributed by atoms with Crippen LogP contribution in [0.2, 0.25) is 0 Å². The van der Waals surface area contributed by atoms with Crippen LogP contribution in [0.3, 0.4) is 0 Å². The monoisotopic (exact) mass is 342 g/mol. The molecule has 0 spiro atoms. The minimum atomic E-state index is -4.72. The van der Waals surface area contributed by atoms with Crippen LogP contribution in [0.1, 0.15) is 12.5 Å². The molecule has 0 bridgehead atoms. The van der Waals surface area contributed by atoms with Crippen LogP contribution in [0.25, 0.3) is 0 Å². The van der Waals surface area contributed by atoms with Crippen molar-refractivity contribution in [3.8, 4) is 5.75 Å². The lowest BCUT2D eigenvalue weighted by molar-refractivity contribution is -0.274. The third-order valence-corrected chi connectivity index (χ3v) is 3.03. The van der Waals surface area contributed by atoms with Gasteiger partial charge < -0.3 is 19.9 Å². The van der Waals surface area contributed by atoms with E-state index >= 15 is 0 Å². The number of rotatable bonds is 6. The van der Waals surface area contributed by atoms with Crippen molar-refractivity contribution in [1.29, 1.82) is 0 Å². The SMILES string of the molecule is C[C@@H](Cn1ccnc1)NC(=O)NCc1ccc(OC(F)(F)F)cc1. The molecule has 2 N–H and O–H groups in total. The second-order valence-corrected chi connectivity index (χ2v) is 5.18. The molecular weight excluding hydrogens is 325 g/mol. The van der Waals surface area contributed by atoms with Crippen LogP contribution >= 0.6 is 0 Å². The van der Waals surface area contributed by atoms with Gasteiger partial charge in [0.25, 0.3) is 0 Å². The number of hydrogen-bond acceptors (Lipinski definition) is 3. The molecule has 2 amide bonds. The molecule has 0 fully saturated rings. The lowest BCUT2D eigenvalue weighted by atomic mass is 10.2. The third kappa shape index (κ3) is 6.19. The number of halogens is 3. The molecule has 0 radical (unpaired) electrons. The largest absolute Gasteiger partial charge is 0.573 e. The first-order chi connectivity index (χ1) is 11.3. The van der Waals surface area contributed by atoms with Crippen molar-refractivity contribution < 1.29 is 22.7 Å². The van der Waals surface area contributed by atoms with Gasteiger partial charge in [-0.1, -0.05) is 12.1 Å². The number of aromatic nitrogens is 2. The van der Waals surface area contributed by atoms with Crippen molar-refractivity contribution in [2.45, 2.75) is 32.4 Å². The van der Waals surface area contributed by atoms with E-state index in [2.05, 4.69) is 20.4 Å². The third-order valence-electron chi connectivity index (χ3n) is 3.03.